The number of halogens is 1. The lowest BCUT2D eigenvalue weighted by molar-refractivity contribution is -0.121. The molecule has 0 fully saturated rings. The normalized spacial score (nSPS) is 12.3. The largest absolute Gasteiger partial charge is 0.460 e. The molecule has 0 bridgehead atoms. The summed E-state index contributed by atoms with van der Waals surface area (Å²) in [5, 5.41) is 7.50. The van der Waals surface area contributed by atoms with Gasteiger partial charge in [-0.15, -0.1) is 0 Å². The number of nitrogens with one attached hydrogen (secondary N) is 2. The first-order valence-electron chi connectivity index (χ1n) is 6.46. The van der Waals surface area contributed by atoms with E-state index in [4.69, 9.17) is 16.0 Å². The van der Waals surface area contributed by atoms with Gasteiger partial charge in [-0.1, -0.05) is 17.7 Å². The van der Waals surface area contributed by atoms with Gasteiger partial charge in [0, 0.05) is 10.7 Å². The smallest absolute Gasteiger partial charge is 0.262 e. The lowest BCUT2D eigenvalue weighted by Crippen LogP contribution is -2.34. The minimum atomic E-state index is -0.445. The van der Waals surface area contributed by atoms with E-state index >= 15 is 0 Å². The topological polar surface area (TPSA) is 66.6 Å². The van der Waals surface area contributed by atoms with Crippen LogP contribution in [0, 0.1) is 6.92 Å². The molecule has 1 aromatic heterocycles. The monoisotopic (exact) mass is 305 g/mol. The quantitative estimate of drug-likeness (QED) is 0.658. The summed E-state index contributed by atoms with van der Waals surface area (Å²) in [5.41, 5.74) is 3.22. The van der Waals surface area contributed by atoms with E-state index in [0.29, 0.717) is 10.8 Å². The number of hydrogen-bond donors (Lipinski definition) is 2. The van der Waals surface area contributed by atoms with Gasteiger partial charge in [-0.2, -0.15) is 5.10 Å². The number of amides is 1. The zero-order valence-electron chi connectivity index (χ0n) is 11.8. The zero-order chi connectivity index (χ0) is 15.2. The molecular formula is C15H16ClN3O2. The van der Waals surface area contributed by atoms with Crippen molar-refractivity contribution in [3.63, 3.8) is 0 Å². The second-order valence-electron chi connectivity index (χ2n) is 4.56. The van der Waals surface area contributed by atoms with Gasteiger partial charge in [-0.25, -0.2) is 5.43 Å². The van der Waals surface area contributed by atoms with Gasteiger partial charge >= 0.3 is 0 Å². The number of aryl methyl sites for hydroxylation is 1. The van der Waals surface area contributed by atoms with Crippen molar-refractivity contribution in [2.75, 3.05) is 5.32 Å². The summed E-state index contributed by atoms with van der Waals surface area (Å²) >= 11 is 5.89. The van der Waals surface area contributed by atoms with E-state index in [-0.39, 0.29) is 5.91 Å². The summed E-state index contributed by atoms with van der Waals surface area (Å²) in [6.07, 6.45) is 1.46. The van der Waals surface area contributed by atoms with Gasteiger partial charge in [0.2, 0.25) is 0 Å². The average Bonchev–Trinajstić information content (AvgIpc) is 2.84. The molecule has 5 nitrogen and oxygen atoms in total. The van der Waals surface area contributed by atoms with Crippen molar-refractivity contribution in [1.29, 1.82) is 0 Å². The first-order chi connectivity index (χ1) is 10.0. The van der Waals surface area contributed by atoms with Crippen molar-refractivity contribution in [1.82, 2.24) is 5.43 Å². The van der Waals surface area contributed by atoms with Crippen LogP contribution in [0.2, 0.25) is 5.02 Å². The number of nitrogens with zero attached hydrogens (tertiary/aromatic N) is 1. The molecule has 0 aliphatic carbocycles. The zero-order valence-corrected chi connectivity index (χ0v) is 12.5. The third-order valence-electron chi connectivity index (χ3n) is 2.73. The van der Waals surface area contributed by atoms with Crippen LogP contribution in [0.4, 0.5) is 5.69 Å². The fourth-order valence-electron chi connectivity index (χ4n) is 1.67. The predicted octanol–water partition coefficient (Wildman–Crippen LogP) is 3.19. The van der Waals surface area contributed by atoms with Gasteiger partial charge < -0.3 is 9.73 Å². The van der Waals surface area contributed by atoms with Crippen molar-refractivity contribution in [2.24, 2.45) is 5.10 Å². The summed E-state index contributed by atoms with van der Waals surface area (Å²) in [5.74, 6) is 1.12. The first-order valence-corrected chi connectivity index (χ1v) is 6.84. The van der Waals surface area contributed by atoms with E-state index in [0.717, 1.165) is 11.4 Å². The second kappa shape index (κ2) is 6.95. The molecule has 1 atom stereocenters. The summed E-state index contributed by atoms with van der Waals surface area (Å²) < 4.78 is 5.30. The van der Waals surface area contributed by atoms with Crippen LogP contribution in [0.5, 0.6) is 0 Å². The molecule has 0 aliphatic heterocycles. The molecule has 2 aromatic rings. The van der Waals surface area contributed by atoms with E-state index in [9.17, 15) is 4.79 Å². The number of benzene rings is 1. The molecule has 1 amide bonds. The summed E-state index contributed by atoms with van der Waals surface area (Å²) in [4.78, 5) is 11.9. The molecule has 2 N–H and O–H groups in total. The molecule has 2 rings (SSSR count). The maximum absolute atomic E-state index is 11.9. The third kappa shape index (κ3) is 4.65. The summed E-state index contributed by atoms with van der Waals surface area (Å²) in [7, 11) is 0. The van der Waals surface area contributed by atoms with E-state index in [1.54, 1.807) is 25.1 Å². The molecule has 0 saturated heterocycles. The van der Waals surface area contributed by atoms with Gasteiger partial charge in [0.05, 0.1) is 6.21 Å². The van der Waals surface area contributed by atoms with Crippen LogP contribution >= 0.6 is 11.6 Å². The fraction of sp³-hybridized carbons (Fsp3) is 0.200. The van der Waals surface area contributed by atoms with E-state index in [1.165, 1.54) is 6.21 Å². The van der Waals surface area contributed by atoms with E-state index in [2.05, 4.69) is 15.8 Å². The molecule has 0 spiro atoms. The molecule has 0 saturated carbocycles. The highest BCUT2D eigenvalue weighted by atomic mass is 35.5. The highest BCUT2D eigenvalue weighted by Gasteiger charge is 2.11. The van der Waals surface area contributed by atoms with Crippen LogP contribution in [-0.2, 0) is 4.79 Å². The molecule has 1 aromatic carbocycles. The minimum absolute atomic E-state index is 0.255. The van der Waals surface area contributed by atoms with Crippen LogP contribution in [-0.4, -0.2) is 18.2 Å². The Labute approximate surface area is 128 Å². The van der Waals surface area contributed by atoms with Crippen molar-refractivity contribution >= 4 is 29.4 Å². The van der Waals surface area contributed by atoms with Gasteiger partial charge in [-0.05, 0) is 44.2 Å². The number of carbonyl (C=O) groups is 1. The van der Waals surface area contributed by atoms with Gasteiger partial charge in [0.1, 0.15) is 17.6 Å². The third-order valence-corrected chi connectivity index (χ3v) is 2.96. The van der Waals surface area contributed by atoms with Gasteiger partial charge in [0.25, 0.3) is 5.91 Å². The van der Waals surface area contributed by atoms with Crippen LogP contribution in [0.15, 0.2) is 45.9 Å². The van der Waals surface area contributed by atoms with Crippen LogP contribution < -0.4 is 10.7 Å². The standard InChI is InChI=1S/C15H16ClN3O2/c1-10-6-7-14(21-10)9-17-19-15(20)11(2)18-13-5-3-4-12(16)8-13/h3-9,11,18H,1-2H3,(H,19,20)/b17-9-/t11-/m0/s1. The minimum Gasteiger partial charge on any atom is -0.460 e. The number of carbonyl (C=O) groups excluding carboxylic acids is 1. The Morgan fingerprint density at radius 1 is 1.38 bits per heavy atom. The number of anilines is 1. The number of hydrogen-bond acceptors (Lipinski definition) is 4. The van der Waals surface area contributed by atoms with Crippen molar-refractivity contribution in [3.05, 3.63) is 52.9 Å². The molecule has 6 heteroatoms. The Morgan fingerprint density at radius 2 is 2.19 bits per heavy atom. The molecule has 0 radical (unpaired) electrons. The fourth-order valence-corrected chi connectivity index (χ4v) is 1.86. The lowest BCUT2D eigenvalue weighted by Gasteiger charge is -2.13. The van der Waals surface area contributed by atoms with E-state index < -0.39 is 6.04 Å². The highest BCUT2D eigenvalue weighted by Crippen LogP contribution is 2.15. The average molecular weight is 306 g/mol. The Bertz CT molecular complexity index is 652. The van der Waals surface area contributed by atoms with E-state index in [1.807, 2.05) is 25.1 Å². The Hall–Kier alpha value is -2.27. The summed E-state index contributed by atoms with van der Waals surface area (Å²) in [6.45, 7) is 3.58. The van der Waals surface area contributed by atoms with Crippen molar-refractivity contribution in [3.8, 4) is 0 Å². The maximum atomic E-state index is 11.9. The number of hydrazone groups is 1. The second-order valence-corrected chi connectivity index (χ2v) is 5.00. The first kappa shape index (κ1) is 15.1. The Balaban J connectivity index is 1.86. The molecule has 0 aliphatic rings. The summed E-state index contributed by atoms with van der Waals surface area (Å²) in [6, 6.07) is 10.3. The Kier molecular flexibility index (Phi) is 5.00. The highest BCUT2D eigenvalue weighted by molar-refractivity contribution is 6.30. The lowest BCUT2D eigenvalue weighted by atomic mass is 10.2. The van der Waals surface area contributed by atoms with Crippen molar-refractivity contribution in [2.45, 2.75) is 19.9 Å². The molecule has 0 unspecified atom stereocenters. The van der Waals surface area contributed by atoms with Gasteiger partial charge in [-0.3, -0.25) is 4.79 Å². The predicted molar refractivity (Wildman–Crippen MR) is 83.7 cm³/mol. The Morgan fingerprint density at radius 3 is 2.86 bits per heavy atom. The maximum Gasteiger partial charge on any atom is 0.262 e. The number of furan rings is 1. The van der Waals surface area contributed by atoms with Crippen LogP contribution in [0.3, 0.4) is 0 Å². The molecule has 21 heavy (non-hydrogen) atoms. The molecule has 1 heterocycles. The van der Waals surface area contributed by atoms with Crippen molar-refractivity contribution < 1.29 is 9.21 Å². The SMILES string of the molecule is Cc1ccc(/C=N\NC(=O)[C@H](C)Nc2cccc(Cl)c2)o1. The van der Waals surface area contributed by atoms with Gasteiger partial charge in [0.15, 0.2) is 0 Å². The molecular weight excluding hydrogens is 290 g/mol. The van der Waals surface area contributed by atoms with Crippen LogP contribution in [0.25, 0.3) is 0 Å². The molecule has 110 valence electrons. The van der Waals surface area contributed by atoms with Crippen LogP contribution in [0.1, 0.15) is 18.4 Å². The number of rotatable bonds is 5.